The number of carbonyl (C=O) groups is 2. The highest BCUT2D eigenvalue weighted by atomic mass is 16.5. The van der Waals surface area contributed by atoms with Crippen LogP contribution in [-0.2, 0) is 16.6 Å². The van der Waals surface area contributed by atoms with E-state index in [1.807, 2.05) is 18.2 Å². The van der Waals surface area contributed by atoms with Crippen LogP contribution in [0.5, 0.6) is 0 Å². The second-order valence-electron chi connectivity index (χ2n) is 6.46. The lowest BCUT2D eigenvalue weighted by Gasteiger charge is -2.37. The van der Waals surface area contributed by atoms with Crippen molar-refractivity contribution in [1.82, 2.24) is 14.7 Å². The van der Waals surface area contributed by atoms with Crippen molar-refractivity contribution >= 4 is 17.6 Å². The van der Waals surface area contributed by atoms with Crippen molar-refractivity contribution in [3.05, 3.63) is 47.8 Å². The monoisotopic (exact) mass is 356 g/mol. The van der Waals surface area contributed by atoms with E-state index in [0.29, 0.717) is 24.3 Å². The molecule has 2 aromatic rings. The Hall–Kier alpha value is -2.83. The lowest BCUT2D eigenvalue weighted by molar-refractivity contribution is -0.140. The van der Waals surface area contributed by atoms with Crippen LogP contribution in [0, 0.1) is 6.92 Å². The van der Waals surface area contributed by atoms with Gasteiger partial charge in [0.05, 0.1) is 6.20 Å². The molecule has 7 nitrogen and oxygen atoms in total. The van der Waals surface area contributed by atoms with E-state index in [2.05, 4.69) is 22.1 Å². The van der Waals surface area contributed by atoms with Crippen LogP contribution in [0.1, 0.15) is 23.0 Å². The van der Waals surface area contributed by atoms with Gasteiger partial charge in [-0.2, -0.15) is 5.10 Å². The third kappa shape index (κ3) is 3.71. The Morgan fingerprint density at radius 3 is 2.35 bits per heavy atom. The van der Waals surface area contributed by atoms with E-state index in [9.17, 15) is 9.59 Å². The predicted octanol–water partition coefficient (Wildman–Crippen LogP) is 1.62. The number of rotatable bonds is 4. The number of aryl methyl sites for hydroxylation is 1. The molecule has 1 amide bonds. The topological polar surface area (TPSA) is 67.7 Å². The summed E-state index contributed by atoms with van der Waals surface area (Å²) >= 11 is 0. The van der Waals surface area contributed by atoms with Crippen molar-refractivity contribution < 1.29 is 14.3 Å². The molecule has 1 aromatic carbocycles. The fraction of sp³-hybridized carbons (Fsp3) is 0.421. The van der Waals surface area contributed by atoms with Crippen LogP contribution >= 0.6 is 0 Å². The summed E-state index contributed by atoms with van der Waals surface area (Å²) in [5.41, 5.74) is 2.26. The van der Waals surface area contributed by atoms with Gasteiger partial charge in [0, 0.05) is 44.6 Å². The second-order valence-corrected chi connectivity index (χ2v) is 6.46. The van der Waals surface area contributed by atoms with Crippen LogP contribution in [0.2, 0.25) is 0 Å². The van der Waals surface area contributed by atoms with Gasteiger partial charge in [0.1, 0.15) is 5.56 Å². The van der Waals surface area contributed by atoms with Crippen LogP contribution < -0.4 is 4.90 Å². The molecular weight excluding hydrogens is 332 g/mol. The first kappa shape index (κ1) is 18.0. The Labute approximate surface area is 153 Å². The number of anilines is 1. The number of aromatic nitrogens is 2. The Morgan fingerprint density at radius 1 is 1.12 bits per heavy atom. The third-order valence-corrected chi connectivity index (χ3v) is 4.80. The Kier molecular flexibility index (Phi) is 5.25. The summed E-state index contributed by atoms with van der Waals surface area (Å²) in [6.07, 6.45) is 0.651. The lowest BCUT2D eigenvalue weighted by Crippen LogP contribution is -2.51. The third-order valence-electron chi connectivity index (χ3n) is 4.80. The van der Waals surface area contributed by atoms with Crippen LogP contribution in [0.25, 0.3) is 0 Å². The van der Waals surface area contributed by atoms with Gasteiger partial charge in [-0.15, -0.1) is 0 Å². The van der Waals surface area contributed by atoms with Gasteiger partial charge in [-0.1, -0.05) is 18.2 Å². The average molecular weight is 356 g/mol. The number of ether oxygens (including phenoxy) is 1. The highest BCUT2D eigenvalue weighted by Crippen LogP contribution is 2.17. The molecule has 1 unspecified atom stereocenters. The molecule has 0 spiro atoms. The smallest absolute Gasteiger partial charge is 0.342 e. The highest BCUT2D eigenvalue weighted by Gasteiger charge is 2.28. The maximum Gasteiger partial charge on any atom is 0.342 e. The van der Waals surface area contributed by atoms with Crippen LogP contribution in [0.15, 0.2) is 36.5 Å². The molecule has 3 rings (SSSR count). The van der Waals surface area contributed by atoms with Crippen molar-refractivity contribution in [2.24, 2.45) is 7.05 Å². The van der Waals surface area contributed by atoms with Gasteiger partial charge in [0.15, 0.2) is 6.10 Å². The standard InChI is InChI=1S/C19H24N4O3/c1-14-17(13-20-21(14)3)19(25)26-15(2)18(24)23-11-9-22(10-12-23)16-7-5-4-6-8-16/h4-8,13,15H,9-12H2,1-3H3. The van der Waals surface area contributed by atoms with Gasteiger partial charge >= 0.3 is 5.97 Å². The molecular formula is C19H24N4O3. The predicted molar refractivity (Wildman–Crippen MR) is 98.1 cm³/mol. The average Bonchev–Trinajstić information content (AvgIpc) is 3.01. The van der Waals surface area contributed by atoms with Gasteiger partial charge in [0.25, 0.3) is 5.91 Å². The van der Waals surface area contributed by atoms with E-state index < -0.39 is 12.1 Å². The fourth-order valence-electron chi connectivity index (χ4n) is 3.05. The molecule has 0 bridgehead atoms. The largest absolute Gasteiger partial charge is 0.449 e. The summed E-state index contributed by atoms with van der Waals surface area (Å²) in [6.45, 7) is 6.16. The number of esters is 1. The first-order valence-electron chi connectivity index (χ1n) is 8.75. The molecule has 2 heterocycles. The molecule has 0 radical (unpaired) electrons. The van der Waals surface area contributed by atoms with Gasteiger partial charge in [-0.3, -0.25) is 9.48 Å². The van der Waals surface area contributed by atoms with E-state index in [1.165, 1.54) is 6.20 Å². The molecule has 1 aliphatic rings. The van der Waals surface area contributed by atoms with E-state index >= 15 is 0 Å². The first-order valence-corrected chi connectivity index (χ1v) is 8.75. The number of benzene rings is 1. The zero-order chi connectivity index (χ0) is 18.7. The summed E-state index contributed by atoms with van der Waals surface area (Å²) in [5.74, 6) is -0.674. The fourth-order valence-corrected chi connectivity index (χ4v) is 3.05. The van der Waals surface area contributed by atoms with E-state index in [4.69, 9.17) is 4.74 Å². The van der Waals surface area contributed by atoms with Crippen molar-refractivity contribution in [2.75, 3.05) is 31.1 Å². The molecule has 0 N–H and O–H groups in total. The number of para-hydroxylation sites is 1. The van der Waals surface area contributed by atoms with Crippen molar-refractivity contribution in [3.8, 4) is 0 Å². The zero-order valence-electron chi connectivity index (χ0n) is 15.4. The molecule has 7 heteroatoms. The summed E-state index contributed by atoms with van der Waals surface area (Å²) in [7, 11) is 1.76. The Bertz CT molecular complexity index is 779. The molecule has 0 aliphatic carbocycles. The van der Waals surface area contributed by atoms with Gasteiger partial charge in [0.2, 0.25) is 0 Å². The van der Waals surface area contributed by atoms with Crippen LogP contribution in [0.3, 0.4) is 0 Å². The molecule has 1 aromatic heterocycles. The summed E-state index contributed by atoms with van der Waals surface area (Å²) in [4.78, 5) is 28.9. The molecule has 1 aliphatic heterocycles. The number of amides is 1. The number of piperazine rings is 1. The zero-order valence-corrected chi connectivity index (χ0v) is 15.4. The minimum Gasteiger partial charge on any atom is -0.449 e. The molecule has 138 valence electrons. The lowest BCUT2D eigenvalue weighted by atomic mass is 10.2. The normalized spacial score (nSPS) is 15.7. The van der Waals surface area contributed by atoms with Crippen molar-refractivity contribution in [3.63, 3.8) is 0 Å². The molecule has 1 atom stereocenters. The first-order chi connectivity index (χ1) is 12.5. The summed E-state index contributed by atoms with van der Waals surface area (Å²) < 4.78 is 6.96. The minimum absolute atomic E-state index is 0.160. The van der Waals surface area contributed by atoms with Gasteiger partial charge in [-0.25, -0.2) is 4.79 Å². The quantitative estimate of drug-likeness (QED) is 0.779. The van der Waals surface area contributed by atoms with Crippen molar-refractivity contribution in [2.45, 2.75) is 20.0 Å². The van der Waals surface area contributed by atoms with E-state index in [1.54, 1.807) is 30.5 Å². The van der Waals surface area contributed by atoms with Crippen molar-refractivity contribution in [1.29, 1.82) is 0 Å². The molecule has 1 saturated heterocycles. The highest BCUT2D eigenvalue weighted by molar-refractivity contribution is 5.93. The van der Waals surface area contributed by atoms with Crippen LogP contribution in [-0.4, -0.2) is 58.8 Å². The maximum absolute atomic E-state index is 12.6. The van der Waals surface area contributed by atoms with Gasteiger partial charge in [-0.05, 0) is 26.0 Å². The number of hydrogen-bond donors (Lipinski definition) is 0. The molecule has 0 saturated carbocycles. The van der Waals surface area contributed by atoms with Gasteiger partial charge < -0.3 is 14.5 Å². The maximum atomic E-state index is 12.6. The minimum atomic E-state index is -0.814. The Morgan fingerprint density at radius 2 is 1.77 bits per heavy atom. The molecule has 1 fully saturated rings. The number of hydrogen-bond acceptors (Lipinski definition) is 5. The number of carbonyl (C=O) groups excluding carboxylic acids is 2. The second kappa shape index (κ2) is 7.59. The SMILES string of the molecule is Cc1c(C(=O)OC(C)C(=O)N2CCN(c3ccccc3)CC2)cnn1C. The number of nitrogens with zero attached hydrogens (tertiary/aromatic N) is 4. The van der Waals surface area contributed by atoms with E-state index in [0.717, 1.165) is 18.8 Å². The summed E-state index contributed by atoms with van der Waals surface area (Å²) in [6, 6.07) is 10.1. The van der Waals surface area contributed by atoms with Crippen LogP contribution in [0.4, 0.5) is 5.69 Å². The molecule has 26 heavy (non-hydrogen) atoms. The summed E-state index contributed by atoms with van der Waals surface area (Å²) in [5, 5.41) is 4.03. The Balaban J connectivity index is 1.54. The van der Waals surface area contributed by atoms with E-state index in [-0.39, 0.29) is 5.91 Å².